The zero-order valence-electron chi connectivity index (χ0n) is 26.4. The van der Waals surface area contributed by atoms with E-state index in [4.69, 9.17) is 19.7 Å². The first kappa shape index (κ1) is 28.8. The molecule has 5 aromatic carbocycles. The van der Waals surface area contributed by atoms with Crippen LogP contribution in [0.5, 0.6) is 11.5 Å². The van der Waals surface area contributed by atoms with Gasteiger partial charge in [-0.3, -0.25) is 15.0 Å². The average Bonchev–Trinajstić information content (AvgIpc) is 3.68. The molecule has 0 bridgehead atoms. The van der Waals surface area contributed by atoms with Crippen molar-refractivity contribution in [2.75, 3.05) is 0 Å². The fourth-order valence-corrected chi connectivity index (χ4v) is 7.24. The molecule has 48 heavy (non-hydrogen) atoms. The number of benzene rings is 5. The van der Waals surface area contributed by atoms with E-state index in [1.807, 2.05) is 48.7 Å². The van der Waals surface area contributed by atoms with Gasteiger partial charge >= 0.3 is 20.4 Å². The van der Waals surface area contributed by atoms with Gasteiger partial charge in [0.15, 0.2) is 0 Å². The van der Waals surface area contributed by atoms with Gasteiger partial charge in [0.05, 0.1) is 44.4 Å². The SMILES string of the molecule is CC(C)(C)c1cccc2c1c1ccc(Oc3[c-]c4c(cc3)c3ncccc3n3c5ccccc5nc43)[c-]c1c1nc3ccccc3n21.[Pd+2]. The molecule has 0 aliphatic heterocycles. The molecule has 7 heteroatoms. The largest absolute Gasteiger partial charge is 2.00 e. The number of aromatic nitrogens is 5. The monoisotopic (exact) mass is 711 g/mol. The molecule has 0 saturated heterocycles. The molecule has 0 aliphatic carbocycles. The van der Waals surface area contributed by atoms with Crippen LogP contribution in [0.1, 0.15) is 26.3 Å². The molecule has 232 valence electrons. The molecule has 0 N–H and O–H groups in total. The maximum Gasteiger partial charge on any atom is 2.00 e. The van der Waals surface area contributed by atoms with Gasteiger partial charge in [0, 0.05) is 23.2 Å². The van der Waals surface area contributed by atoms with Crippen molar-refractivity contribution in [1.29, 1.82) is 0 Å². The Kier molecular flexibility index (Phi) is 6.20. The molecule has 5 heterocycles. The fraction of sp³-hybridized carbons (Fsp3) is 0.0976. The third kappa shape index (κ3) is 4.05. The van der Waals surface area contributed by atoms with Crippen LogP contribution in [0.3, 0.4) is 0 Å². The summed E-state index contributed by atoms with van der Waals surface area (Å²) in [7, 11) is 0. The standard InChI is InChI=1S/C41H27N5O.Pd/c1-41(2,3)30-10-8-15-35-37(30)26-19-17-24(22-28(26)39-43-31-11-4-6-13-33(31)45(35)39)47-25-18-20-27-29(23-25)40-44-32-12-5-7-14-34(32)46(40)36-16-9-21-42-38(27)36;/h4-21H,1-3H3;/q-2;+2. The van der Waals surface area contributed by atoms with E-state index in [1.165, 1.54) is 10.9 Å². The van der Waals surface area contributed by atoms with Gasteiger partial charge < -0.3 is 13.5 Å². The van der Waals surface area contributed by atoms with Crippen LogP contribution < -0.4 is 4.74 Å². The number of fused-ring (bicyclic) bond motifs is 16. The van der Waals surface area contributed by atoms with Crippen molar-refractivity contribution in [3.05, 3.63) is 127 Å². The Morgan fingerprint density at radius 2 is 1.15 bits per heavy atom. The molecule has 0 fully saturated rings. The third-order valence-corrected chi connectivity index (χ3v) is 9.27. The summed E-state index contributed by atoms with van der Waals surface area (Å²) in [6.45, 7) is 6.79. The Hall–Kier alpha value is -5.35. The molecule has 0 radical (unpaired) electrons. The number of rotatable bonds is 2. The Bertz CT molecular complexity index is 2930. The smallest absolute Gasteiger partial charge is 0.497 e. The van der Waals surface area contributed by atoms with Crippen LogP contribution in [0.2, 0.25) is 0 Å². The van der Waals surface area contributed by atoms with E-state index < -0.39 is 0 Å². The van der Waals surface area contributed by atoms with Gasteiger partial charge in [0.1, 0.15) is 0 Å². The van der Waals surface area contributed by atoms with Crippen molar-refractivity contribution in [2.45, 2.75) is 26.2 Å². The molecule has 0 unspecified atom stereocenters. The maximum atomic E-state index is 6.56. The van der Waals surface area contributed by atoms with Crippen molar-refractivity contribution in [3.63, 3.8) is 0 Å². The molecule has 0 aliphatic rings. The Morgan fingerprint density at radius 3 is 1.81 bits per heavy atom. The van der Waals surface area contributed by atoms with Crippen molar-refractivity contribution in [1.82, 2.24) is 23.8 Å². The molecule has 0 amide bonds. The maximum absolute atomic E-state index is 6.56. The van der Waals surface area contributed by atoms with E-state index in [0.717, 1.165) is 71.5 Å². The molecule has 0 saturated carbocycles. The van der Waals surface area contributed by atoms with Crippen LogP contribution >= 0.6 is 0 Å². The summed E-state index contributed by atoms with van der Waals surface area (Å²) in [6, 6.07) is 42.4. The van der Waals surface area contributed by atoms with Crippen molar-refractivity contribution in [3.8, 4) is 11.5 Å². The summed E-state index contributed by atoms with van der Waals surface area (Å²) in [6.07, 6.45) is 1.83. The third-order valence-electron chi connectivity index (χ3n) is 9.27. The minimum atomic E-state index is -0.0618. The Labute approximate surface area is 289 Å². The van der Waals surface area contributed by atoms with Crippen molar-refractivity contribution >= 4 is 76.8 Å². The van der Waals surface area contributed by atoms with Gasteiger partial charge in [-0.05, 0) is 58.8 Å². The van der Waals surface area contributed by atoms with Gasteiger partial charge in [-0.15, -0.1) is 12.1 Å². The minimum Gasteiger partial charge on any atom is -0.497 e. The predicted molar refractivity (Wildman–Crippen MR) is 190 cm³/mol. The van der Waals surface area contributed by atoms with E-state index >= 15 is 0 Å². The quantitative estimate of drug-likeness (QED) is 0.102. The first-order valence-electron chi connectivity index (χ1n) is 15.8. The second-order valence-electron chi connectivity index (χ2n) is 13.2. The first-order valence-corrected chi connectivity index (χ1v) is 15.8. The molecular formula is C41H27N5OPd. The average molecular weight is 712 g/mol. The second-order valence-corrected chi connectivity index (χ2v) is 13.2. The number of para-hydroxylation sites is 4. The van der Waals surface area contributed by atoms with Crippen LogP contribution in [0.4, 0.5) is 0 Å². The van der Waals surface area contributed by atoms with E-state index in [9.17, 15) is 0 Å². The Morgan fingerprint density at radius 1 is 0.583 bits per heavy atom. The Balaban J connectivity index is 0.00000314. The topological polar surface area (TPSA) is 56.7 Å². The number of hydrogen-bond acceptors (Lipinski definition) is 4. The predicted octanol–water partition coefficient (Wildman–Crippen LogP) is 9.98. The zero-order valence-corrected chi connectivity index (χ0v) is 27.9. The minimum absolute atomic E-state index is 0. The van der Waals surface area contributed by atoms with Crippen LogP contribution in [-0.4, -0.2) is 23.8 Å². The van der Waals surface area contributed by atoms with Gasteiger partial charge in [-0.2, -0.15) is 0 Å². The molecule has 10 aromatic rings. The first-order chi connectivity index (χ1) is 22.9. The molecular weight excluding hydrogens is 685 g/mol. The van der Waals surface area contributed by atoms with Crippen LogP contribution in [-0.2, 0) is 25.8 Å². The van der Waals surface area contributed by atoms with E-state index in [2.05, 4.69) is 102 Å². The van der Waals surface area contributed by atoms with Gasteiger partial charge in [0.25, 0.3) is 0 Å². The number of pyridine rings is 3. The molecule has 0 spiro atoms. The van der Waals surface area contributed by atoms with E-state index in [1.54, 1.807) is 0 Å². The number of ether oxygens (including phenoxy) is 1. The summed E-state index contributed by atoms with van der Waals surface area (Å²) in [4.78, 5) is 14.9. The van der Waals surface area contributed by atoms with Crippen LogP contribution in [0.15, 0.2) is 109 Å². The fourth-order valence-electron chi connectivity index (χ4n) is 7.24. The summed E-state index contributed by atoms with van der Waals surface area (Å²) in [5, 5.41) is 5.06. The van der Waals surface area contributed by atoms with Gasteiger partial charge in [-0.25, -0.2) is 0 Å². The normalized spacial score (nSPS) is 12.3. The number of nitrogens with zero attached hydrogens (tertiary/aromatic N) is 5. The van der Waals surface area contributed by atoms with Gasteiger partial charge in [-0.1, -0.05) is 103 Å². The molecule has 10 rings (SSSR count). The van der Waals surface area contributed by atoms with Crippen molar-refractivity contribution < 1.29 is 25.2 Å². The van der Waals surface area contributed by atoms with E-state index in [-0.39, 0.29) is 25.8 Å². The summed E-state index contributed by atoms with van der Waals surface area (Å²) in [5.74, 6) is 1.18. The van der Waals surface area contributed by atoms with Crippen molar-refractivity contribution in [2.24, 2.45) is 0 Å². The zero-order chi connectivity index (χ0) is 31.4. The molecule has 5 aromatic heterocycles. The van der Waals surface area contributed by atoms with Gasteiger partial charge in [0.2, 0.25) is 0 Å². The summed E-state index contributed by atoms with van der Waals surface area (Å²) >= 11 is 0. The second kappa shape index (κ2) is 10.3. The van der Waals surface area contributed by atoms with E-state index in [0.29, 0.717) is 11.5 Å². The summed E-state index contributed by atoms with van der Waals surface area (Å²) < 4.78 is 11.0. The van der Waals surface area contributed by atoms with Crippen LogP contribution in [0, 0.1) is 12.1 Å². The van der Waals surface area contributed by atoms with Crippen LogP contribution in [0.25, 0.3) is 76.8 Å². The summed E-state index contributed by atoms with van der Waals surface area (Å²) in [5.41, 5.74) is 9.90. The molecule has 0 atom stereocenters. The molecule has 6 nitrogen and oxygen atoms in total. The number of hydrogen-bond donors (Lipinski definition) is 0. The number of imidazole rings is 2.